The van der Waals surface area contributed by atoms with Gasteiger partial charge < -0.3 is 15.7 Å². The van der Waals surface area contributed by atoms with Crippen LogP contribution in [0.25, 0.3) is 0 Å². The smallest absolute Gasteiger partial charge is 0.191 e. The molecule has 0 fully saturated rings. The van der Waals surface area contributed by atoms with Crippen LogP contribution in [0.5, 0.6) is 0 Å². The summed E-state index contributed by atoms with van der Waals surface area (Å²) in [5, 5.41) is 29.9. The van der Waals surface area contributed by atoms with Crippen LogP contribution >= 0.6 is 0 Å². The number of nitrogens with zero attached hydrogens (tertiary/aromatic N) is 4. The van der Waals surface area contributed by atoms with Crippen LogP contribution in [0.1, 0.15) is 30.5 Å². The number of guanidine groups is 1. The van der Waals surface area contributed by atoms with Crippen molar-refractivity contribution in [1.82, 2.24) is 20.4 Å². The van der Waals surface area contributed by atoms with E-state index in [0.717, 1.165) is 11.1 Å². The fourth-order valence-electron chi connectivity index (χ4n) is 2.25. The van der Waals surface area contributed by atoms with Gasteiger partial charge in [0.1, 0.15) is 5.60 Å². The van der Waals surface area contributed by atoms with Gasteiger partial charge in [0.15, 0.2) is 5.96 Å². The summed E-state index contributed by atoms with van der Waals surface area (Å²) in [6, 6.07) is 9.42. The minimum Gasteiger partial charge on any atom is -0.383 e. The van der Waals surface area contributed by atoms with Crippen LogP contribution in [0.2, 0.25) is 0 Å². The van der Waals surface area contributed by atoms with Gasteiger partial charge >= 0.3 is 0 Å². The van der Waals surface area contributed by atoms with E-state index in [9.17, 15) is 5.11 Å². The molecule has 1 aromatic carbocycles. The average Bonchev–Trinajstić information content (AvgIpc) is 3.05. The zero-order valence-electron chi connectivity index (χ0n) is 14.8. The van der Waals surface area contributed by atoms with E-state index in [2.05, 4.69) is 26.8 Å². The molecule has 0 radical (unpaired) electrons. The molecule has 0 saturated carbocycles. The zero-order valence-corrected chi connectivity index (χ0v) is 14.8. The summed E-state index contributed by atoms with van der Waals surface area (Å²) >= 11 is 0. The van der Waals surface area contributed by atoms with Crippen LogP contribution in [0.3, 0.4) is 0 Å². The Bertz CT molecular complexity index is 755. The van der Waals surface area contributed by atoms with Crippen molar-refractivity contribution in [2.45, 2.75) is 26.0 Å². The Hall–Kier alpha value is -2.85. The average molecular weight is 340 g/mol. The second-order valence-electron chi connectivity index (χ2n) is 6.03. The Balaban J connectivity index is 2.00. The molecule has 0 spiro atoms. The van der Waals surface area contributed by atoms with Crippen molar-refractivity contribution in [2.24, 2.45) is 12.0 Å². The van der Waals surface area contributed by atoms with Crippen LogP contribution in [0, 0.1) is 11.3 Å². The molecule has 3 N–H and O–H groups in total. The van der Waals surface area contributed by atoms with Gasteiger partial charge in [0.25, 0.3) is 0 Å². The summed E-state index contributed by atoms with van der Waals surface area (Å²) in [5.41, 5.74) is 1.32. The number of hydrogen-bond donors (Lipinski definition) is 3. The second-order valence-corrected chi connectivity index (χ2v) is 6.03. The summed E-state index contributed by atoms with van der Waals surface area (Å²) in [4.78, 5) is 4.52. The molecule has 0 aliphatic carbocycles. The van der Waals surface area contributed by atoms with Gasteiger partial charge in [-0.05, 0) is 31.5 Å². The number of nitriles is 1. The molecule has 7 nitrogen and oxygen atoms in total. The van der Waals surface area contributed by atoms with E-state index >= 15 is 0 Å². The number of hydrogen-bond acceptors (Lipinski definition) is 4. The molecule has 0 aliphatic rings. The Kier molecular flexibility index (Phi) is 6.14. The van der Waals surface area contributed by atoms with Crippen molar-refractivity contribution in [3.8, 4) is 6.07 Å². The first kappa shape index (κ1) is 18.5. The number of aliphatic hydroxyl groups is 1. The lowest BCUT2D eigenvalue weighted by atomic mass is 10.00. The fraction of sp³-hybridized carbons (Fsp3) is 0.389. The highest BCUT2D eigenvalue weighted by Crippen LogP contribution is 2.18. The molecule has 1 unspecified atom stereocenters. The SMILES string of the molecule is CCNC(=NCc1ccc(C#N)cc1)NCC(C)(O)c1cnn(C)c1. The molecule has 2 rings (SSSR count). The molecule has 7 heteroatoms. The maximum absolute atomic E-state index is 10.6. The Morgan fingerprint density at radius 3 is 2.64 bits per heavy atom. The van der Waals surface area contributed by atoms with Gasteiger partial charge in [-0.1, -0.05) is 12.1 Å². The highest BCUT2D eigenvalue weighted by Gasteiger charge is 2.24. The van der Waals surface area contributed by atoms with Gasteiger partial charge in [-0.25, -0.2) is 4.99 Å². The van der Waals surface area contributed by atoms with Gasteiger partial charge in [-0.15, -0.1) is 0 Å². The number of aryl methyl sites for hydroxylation is 1. The third-order valence-electron chi connectivity index (χ3n) is 3.77. The van der Waals surface area contributed by atoms with Crippen molar-refractivity contribution in [3.05, 3.63) is 53.3 Å². The van der Waals surface area contributed by atoms with Crippen molar-refractivity contribution in [1.29, 1.82) is 5.26 Å². The molecule has 25 heavy (non-hydrogen) atoms. The van der Waals surface area contributed by atoms with Crippen LogP contribution < -0.4 is 10.6 Å². The van der Waals surface area contributed by atoms with Gasteiger partial charge in [0.2, 0.25) is 0 Å². The summed E-state index contributed by atoms with van der Waals surface area (Å²) in [5.74, 6) is 0.621. The molecule has 0 aliphatic heterocycles. The van der Waals surface area contributed by atoms with Crippen molar-refractivity contribution in [2.75, 3.05) is 13.1 Å². The summed E-state index contributed by atoms with van der Waals surface area (Å²) < 4.78 is 1.66. The van der Waals surface area contributed by atoms with Crippen LogP contribution in [0.4, 0.5) is 0 Å². The maximum Gasteiger partial charge on any atom is 0.191 e. The van der Waals surface area contributed by atoms with E-state index in [0.29, 0.717) is 31.2 Å². The van der Waals surface area contributed by atoms with E-state index < -0.39 is 5.60 Å². The molecular formula is C18H24N6O. The topological polar surface area (TPSA) is 98.3 Å². The highest BCUT2D eigenvalue weighted by atomic mass is 16.3. The van der Waals surface area contributed by atoms with Crippen molar-refractivity contribution < 1.29 is 5.11 Å². The third-order valence-corrected chi connectivity index (χ3v) is 3.77. The second kappa shape index (κ2) is 8.31. The summed E-state index contributed by atoms with van der Waals surface area (Å²) in [6.45, 7) is 5.22. The van der Waals surface area contributed by atoms with E-state index in [1.807, 2.05) is 26.1 Å². The molecular weight excluding hydrogens is 316 g/mol. The van der Waals surface area contributed by atoms with Gasteiger partial charge in [-0.3, -0.25) is 4.68 Å². The van der Waals surface area contributed by atoms with E-state index in [1.165, 1.54) is 0 Å². The molecule has 2 aromatic rings. The normalized spacial score (nSPS) is 13.8. The minimum absolute atomic E-state index is 0.303. The maximum atomic E-state index is 10.6. The third kappa shape index (κ3) is 5.33. The van der Waals surface area contributed by atoms with E-state index in [-0.39, 0.29) is 0 Å². The Morgan fingerprint density at radius 1 is 1.36 bits per heavy atom. The molecule has 1 heterocycles. The molecule has 0 amide bonds. The highest BCUT2D eigenvalue weighted by molar-refractivity contribution is 5.79. The lowest BCUT2D eigenvalue weighted by Gasteiger charge is -2.23. The zero-order chi connectivity index (χ0) is 18.3. The summed E-state index contributed by atoms with van der Waals surface area (Å²) in [7, 11) is 1.82. The number of aromatic nitrogens is 2. The van der Waals surface area contributed by atoms with Crippen LogP contribution in [-0.2, 0) is 19.2 Å². The molecule has 1 aromatic heterocycles. The number of benzene rings is 1. The standard InChI is InChI=1S/C18H24N6O/c1-4-20-17(21-10-15-7-5-14(9-19)6-8-15)22-13-18(2,25)16-11-23-24(3)12-16/h5-8,11-12,25H,4,10,13H2,1-3H3,(H2,20,21,22). The monoisotopic (exact) mass is 340 g/mol. The Morgan fingerprint density at radius 2 is 2.08 bits per heavy atom. The molecule has 0 bridgehead atoms. The van der Waals surface area contributed by atoms with Crippen molar-refractivity contribution >= 4 is 5.96 Å². The minimum atomic E-state index is -1.06. The lowest BCUT2D eigenvalue weighted by Crippen LogP contribution is -2.44. The van der Waals surface area contributed by atoms with Gasteiger partial charge in [0, 0.05) is 25.4 Å². The summed E-state index contributed by atoms with van der Waals surface area (Å²) in [6.07, 6.45) is 3.45. The van der Waals surface area contributed by atoms with Crippen molar-refractivity contribution in [3.63, 3.8) is 0 Å². The lowest BCUT2D eigenvalue weighted by molar-refractivity contribution is 0.0616. The number of aliphatic imine (C=N–C) groups is 1. The largest absolute Gasteiger partial charge is 0.383 e. The fourth-order valence-corrected chi connectivity index (χ4v) is 2.25. The first-order valence-corrected chi connectivity index (χ1v) is 8.17. The molecule has 0 saturated heterocycles. The number of nitrogens with one attached hydrogen (secondary N) is 2. The first-order valence-electron chi connectivity index (χ1n) is 8.17. The van der Waals surface area contributed by atoms with Gasteiger partial charge in [0.05, 0.1) is 30.9 Å². The number of rotatable bonds is 6. The van der Waals surface area contributed by atoms with E-state index in [1.54, 1.807) is 36.1 Å². The van der Waals surface area contributed by atoms with E-state index in [4.69, 9.17) is 5.26 Å². The predicted octanol–water partition coefficient (Wildman–Crippen LogP) is 1.25. The van der Waals surface area contributed by atoms with Gasteiger partial charge in [-0.2, -0.15) is 10.4 Å². The van der Waals surface area contributed by atoms with Crippen LogP contribution in [0.15, 0.2) is 41.7 Å². The first-order chi connectivity index (χ1) is 11.9. The predicted molar refractivity (Wildman–Crippen MR) is 96.8 cm³/mol. The quantitative estimate of drug-likeness (QED) is 0.543. The molecule has 132 valence electrons. The van der Waals surface area contributed by atoms with Crippen LogP contribution in [-0.4, -0.2) is 33.9 Å². The molecule has 1 atom stereocenters. The Labute approximate surface area is 148 Å².